The first-order chi connectivity index (χ1) is 11.0. The lowest BCUT2D eigenvalue weighted by molar-refractivity contribution is -0.139. The van der Waals surface area contributed by atoms with Gasteiger partial charge in [0.1, 0.15) is 0 Å². The Labute approximate surface area is 134 Å². The van der Waals surface area contributed by atoms with Gasteiger partial charge in [0.25, 0.3) is 0 Å². The maximum atomic E-state index is 11.7. The molecule has 8 heteroatoms. The average Bonchev–Trinajstić information content (AvgIpc) is 2.56. The SMILES string of the molecule is C/C(CC(=O)NCc1ccccc1)=N\NC(=O)C(=O)NCCO. The van der Waals surface area contributed by atoms with Gasteiger partial charge in [0.2, 0.25) is 5.91 Å². The first kappa shape index (κ1) is 18.3. The minimum Gasteiger partial charge on any atom is -0.395 e. The van der Waals surface area contributed by atoms with Gasteiger partial charge < -0.3 is 15.7 Å². The summed E-state index contributed by atoms with van der Waals surface area (Å²) in [6.07, 6.45) is 0.00533. The summed E-state index contributed by atoms with van der Waals surface area (Å²) in [4.78, 5) is 34.3. The molecule has 1 rings (SSSR count). The lowest BCUT2D eigenvalue weighted by Gasteiger charge is -2.06. The molecule has 4 N–H and O–H groups in total. The van der Waals surface area contributed by atoms with Crippen molar-refractivity contribution in [1.82, 2.24) is 16.1 Å². The van der Waals surface area contributed by atoms with Gasteiger partial charge in [0.05, 0.1) is 13.0 Å². The molecule has 0 aliphatic carbocycles. The molecular formula is C15H20N4O4. The monoisotopic (exact) mass is 320 g/mol. The van der Waals surface area contributed by atoms with Crippen LogP contribution in [0.3, 0.4) is 0 Å². The van der Waals surface area contributed by atoms with Gasteiger partial charge >= 0.3 is 11.8 Å². The van der Waals surface area contributed by atoms with E-state index in [0.717, 1.165) is 5.56 Å². The summed E-state index contributed by atoms with van der Waals surface area (Å²) in [5, 5.41) is 17.1. The van der Waals surface area contributed by atoms with Crippen LogP contribution in [0.4, 0.5) is 0 Å². The number of aliphatic hydroxyl groups excluding tert-OH is 1. The predicted octanol–water partition coefficient (Wildman–Crippen LogP) is -0.706. The molecule has 0 bridgehead atoms. The molecule has 0 fully saturated rings. The smallest absolute Gasteiger partial charge is 0.329 e. The standard InChI is InChI=1S/C15H20N4O4/c1-11(18-19-15(23)14(22)16-7-8-20)9-13(21)17-10-12-5-3-2-4-6-12/h2-6,20H,7-10H2,1H3,(H,16,22)(H,17,21)(H,19,23)/b18-11+. The molecular weight excluding hydrogens is 300 g/mol. The highest BCUT2D eigenvalue weighted by molar-refractivity contribution is 6.35. The van der Waals surface area contributed by atoms with Crippen LogP contribution in [0.1, 0.15) is 18.9 Å². The second kappa shape index (κ2) is 10.1. The van der Waals surface area contributed by atoms with E-state index in [9.17, 15) is 14.4 Å². The van der Waals surface area contributed by atoms with Crippen molar-refractivity contribution in [3.63, 3.8) is 0 Å². The minimum atomic E-state index is -0.956. The number of carbonyl (C=O) groups excluding carboxylic acids is 3. The lowest BCUT2D eigenvalue weighted by atomic mass is 10.2. The Morgan fingerprint density at radius 1 is 1.09 bits per heavy atom. The van der Waals surface area contributed by atoms with E-state index in [1.54, 1.807) is 6.92 Å². The van der Waals surface area contributed by atoms with E-state index < -0.39 is 11.8 Å². The van der Waals surface area contributed by atoms with Crippen LogP contribution in [0, 0.1) is 0 Å². The van der Waals surface area contributed by atoms with Crippen molar-refractivity contribution in [2.24, 2.45) is 5.10 Å². The summed E-state index contributed by atoms with van der Waals surface area (Å²) in [7, 11) is 0. The molecule has 0 aromatic heterocycles. The van der Waals surface area contributed by atoms with Gasteiger partial charge in [-0.25, -0.2) is 5.43 Å². The van der Waals surface area contributed by atoms with E-state index in [2.05, 4.69) is 15.7 Å². The van der Waals surface area contributed by atoms with Crippen LogP contribution < -0.4 is 16.1 Å². The van der Waals surface area contributed by atoms with Crippen LogP contribution in [-0.2, 0) is 20.9 Å². The summed E-state index contributed by atoms with van der Waals surface area (Å²) in [6, 6.07) is 9.44. The molecule has 0 saturated carbocycles. The van der Waals surface area contributed by atoms with Gasteiger partial charge in [-0.05, 0) is 12.5 Å². The van der Waals surface area contributed by atoms with Crippen molar-refractivity contribution in [3.05, 3.63) is 35.9 Å². The fourth-order valence-corrected chi connectivity index (χ4v) is 1.58. The molecule has 3 amide bonds. The number of hydrazone groups is 1. The van der Waals surface area contributed by atoms with Gasteiger partial charge in [-0.2, -0.15) is 5.10 Å². The molecule has 0 spiro atoms. The zero-order chi connectivity index (χ0) is 17.1. The molecule has 8 nitrogen and oxygen atoms in total. The lowest BCUT2D eigenvalue weighted by Crippen LogP contribution is -2.39. The van der Waals surface area contributed by atoms with Gasteiger partial charge in [-0.3, -0.25) is 14.4 Å². The van der Waals surface area contributed by atoms with Gasteiger partial charge in [0, 0.05) is 18.8 Å². The van der Waals surface area contributed by atoms with Gasteiger partial charge in [-0.15, -0.1) is 0 Å². The molecule has 0 unspecified atom stereocenters. The number of benzene rings is 1. The number of nitrogens with one attached hydrogen (secondary N) is 3. The quantitative estimate of drug-likeness (QED) is 0.301. The molecule has 0 atom stereocenters. The molecule has 23 heavy (non-hydrogen) atoms. The van der Waals surface area contributed by atoms with Crippen LogP contribution >= 0.6 is 0 Å². The summed E-state index contributed by atoms with van der Waals surface area (Å²) >= 11 is 0. The molecule has 0 aliphatic heterocycles. The van der Waals surface area contributed by atoms with E-state index in [1.807, 2.05) is 35.8 Å². The fraction of sp³-hybridized carbons (Fsp3) is 0.333. The third-order valence-electron chi connectivity index (χ3n) is 2.70. The summed E-state index contributed by atoms with van der Waals surface area (Å²) in [5.41, 5.74) is 3.38. The normalized spacial score (nSPS) is 10.8. The van der Waals surface area contributed by atoms with Gasteiger partial charge in [0.15, 0.2) is 0 Å². The Bertz CT molecular complexity index is 572. The van der Waals surface area contributed by atoms with E-state index in [-0.39, 0.29) is 25.5 Å². The van der Waals surface area contributed by atoms with E-state index in [4.69, 9.17) is 5.11 Å². The van der Waals surface area contributed by atoms with Crippen molar-refractivity contribution in [3.8, 4) is 0 Å². The Morgan fingerprint density at radius 3 is 2.43 bits per heavy atom. The van der Waals surface area contributed by atoms with E-state index >= 15 is 0 Å². The highest BCUT2D eigenvalue weighted by Crippen LogP contribution is 1.97. The highest BCUT2D eigenvalue weighted by atomic mass is 16.3. The van der Waals surface area contributed by atoms with Crippen molar-refractivity contribution in [2.75, 3.05) is 13.2 Å². The number of carbonyl (C=O) groups is 3. The number of amides is 3. The summed E-state index contributed by atoms with van der Waals surface area (Å²) < 4.78 is 0. The van der Waals surface area contributed by atoms with Crippen molar-refractivity contribution in [2.45, 2.75) is 19.9 Å². The Kier molecular flexibility index (Phi) is 8.01. The summed E-state index contributed by atoms with van der Waals surface area (Å²) in [6.45, 7) is 1.69. The second-order valence-corrected chi connectivity index (χ2v) is 4.71. The zero-order valence-corrected chi connectivity index (χ0v) is 12.8. The number of nitrogens with zero attached hydrogens (tertiary/aromatic N) is 1. The van der Waals surface area contributed by atoms with E-state index in [1.165, 1.54) is 0 Å². The fourth-order valence-electron chi connectivity index (χ4n) is 1.58. The maximum absolute atomic E-state index is 11.7. The topological polar surface area (TPSA) is 120 Å². The Morgan fingerprint density at radius 2 is 1.78 bits per heavy atom. The maximum Gasteiger partial charge on any atom is 0.329 e. The first-order valence-electron chi connectivity index (χ1n) is 7.05. The van der Waals surface area contributed by atoms with Crippen LogP contribution in [0.5, 0.6) is 0 Å². The number of hydrogen-bond donors (Lipinski definition) is 4. The van der Waals surface area contributed by atoms with Crippen molar-refractivity contribution in [1.29, 1.82) is 0 Å². The summed E-state index contributed by atoms with van der Waals surface area (Å²) in [5.74, 6) is -2.10. The number of aliphatic hydroxyl groups is 1. The van der Waals surface area contributed by atoms with Gasteiger partial charge in [-0.1, -0.05) is 30.3 Å². The minimum absolute atomic E-state index is 0.00533. The molecule has 0 aliphatic rings. The molecule has 1 aromatic rings. The predicted molar refractivity (Wildman–Crippen MR) is 84.3 cm³/mol. The van der Waals surface area contributed by atoms with Crippen LogP contribution in [0.25, 0.3) is 0 Å². The number of rotatable bonds is 7. The zero-order valence-electron chi connectivity index (χ0n) is 12.8. The third kappa shape index (κ3) is 7.72. The van der Waals surface area contributed by atoms with Crippen molar-refractivity contribution >= 4 is 23.4 Å². The molecule has 1 aromatic carbocycles. The van der Waals surface area contributed by atoms with Crippen LogP contribution in [-0.4, -0.2) is 41.7 Å². The third-order valence-corrected chi connectivity index (χ3v) is 2.70. The van der Waals surface area contributed by atoms with Crippen LogP contribution in [0.2, 0.25) is 0 Å². The molecule has 0 radical (unpaired) electrons. The molecule has 0 heterocycles. The second-order valence-electron chi connectivity index (χ2n) is 4.71. The molecule has 0 saturated heterocycles. The highest BCUT2D eigenvalue weighted by Gasteiger charge is 2.12. The van der Waals surface area contributed by atoms with Crippen LogP contribution in [0.15, 0.2) is 35.4 Å². The largest absolute Gasteiger partial charge is 0.395 e. The average molecular weight is 320 g/mol. The number of hydrogen-bond acceptors (Lipinski definition) is 5. The van der Waals surface area contributed by atoms with Crippen molar-refractivity contribution < 1.29 is 19.5 Å². The Balaban J connectivity index is 2.33. The first-order valence-corrected chi connectivity index (χ1v) is 7.05. The molecule has 124 valence electrons. The van der Waals surface area contributed by atoms with E-state index in [0.29, 0.717) is 12.3 Å². The Hall–Kier alpha value is -2.74.